The minimum atomic E-state index is -3.18. The third kappa shape index (κ3) is 4.47. The van der Waals surface area contributed by atoms with E-state index in [1.165, 1.54) is 24.0 Å². The van der Waals surface area contributed by atoms with E-state index in [9.17, 15) is 8.42 Å². The van der Waals surface area contributed by atoms with Crippen LogP contribution < -0.4 is 9.62 Å². The molecule has 0 radical (unpaired) electrons. The molecule has 1 aliphatic carbocycles. The minimum Gasteiger partial charge on any atom is -0.356 e. The Morgan fingerprint density at radius 1 is 1.10 bits per heavy atom. The number of fused-ring (bicyclic) bond motifs is 1. The summed E-state index contributed by atoms with van der Waals surface area (Å²) in [5, 5.41) is 3.33. The highest BCUT2D eigenvalue weighted by atomic mass is 32.2. The summed E-state index contributed by atoms with van der Waals surface area (Å²) in [5.74, 6) is 2.67. The van der Waals surface area contributed by atoms with Crippen molar-refractivity contribution in [1.82, 2.24) is 14.7 Å². The van der Waals surface area contributed by atoms with E-state index in [0.29, 0.717) is 12.3 Å². The Morgan fingerprint density at radius 2 is 1.84 bits per heavy atom. The first-order valence-corrected chi connectivity index (χ1v) is 13.7. The van der Waals surface area contributed by atoms with Crippen LogP contribution in [0.3, 0.4) is 0 Å². The van der Waals surface area contributed by atoms with Crippen LogP contribution in [0, 0.1) is 0 Å². The van der Waals surface area contributed by atoms with Gasteiger partial charge in [0.05, 0.1) is 11.1 Å². The summed E-state index contributed by atoms with van der Waals surface area (Å²) in [4.78, 5) is 13.4. The molecule has 3 aromatic rings. The predicted molar refractivity (Wildman–Crippen MR) is 127 cm³/mol. The van der Waals surface area contributed by atoms with Crippen LogP contribution in [0.5, 0.6) is 0 Å². The number of sulfonamides is 1. The maximum Gasteiger partial charge on any atom is 0.211 e. The summed E-state index contributed by atoms with van der Waals surface area (Å²) >= 11 is 1.69. The second-order valence-corrected chi connectivity index (χ2v) is 11.3. The van der Waals surface area contributed by atoms with Gasteiger partial charge in [0.15, 0.2) is 0 Å². The highest BCUT2D eigenvalue weighted by Gasteiger charge is 2.31. The molecule has 8 heteroatoms. The third-order valence-corrected chi connectivity index (χ3v) is 8.58. The second-order valence-electron chi connectivity index (χ2n) is 8.57. The van der Waals surface area contributed by atoms with Crippen LogP contribution in [0.15, 0.2) is 35.7 Å². The van der Waals surface area contributed by atoms with Gasteiger partial charge in [-0.05, 0) is 37.7 Å². The quantitative estimate of drug-likeness (QED) is 0.565. The zero-order valence-corrected chi connectivity index (χ0v) is 19.4. The molecular weight excluding hydrogens is 428 g/mol. The largest absolute Gasteiger partial charge is 0.356 e. The number of rotatable bonds is 7. The number of hydrogen-bond donors (Lipinski definition) is 1. The first-order valence-electron chi connectivity index (χ1n) is 11.1. The number of piperidine rings is 1. The van der Waals surface area contributed by atoms with Gasteiger partial charge in [-0.1, -0.05) is 37.3 Å². The van der Waals surface area contributed by atoms with E-state index in [1.54, 1.807) is 11.3 Å². The molecule has 2 aliphatic rings. The molecule has 0 amide bonds. The lowest BCUT2D eigenvalue weighted by Crippen LogP contribution is -2.45. The average Bonchev–Trinajstić information content (AvgIpc) is 3.53. The SMILES string of the molecule is CCCS(=O)(=O)NC1CCN(c2nc(C3CC3)nc3scc(-c4ccccc4)c23)CC1. The van der Waals surface area contributed by atoms with Crippen LogP contribution in [-0.4, -0.2) is 43.3 Å². The number of aromatic nitrogens is 2. The van der Waals surface area contributed by atoms with Crippen molar-refractivity contribution < 1.29 is 8.42 Å². The van der Waals surface area contributed by atoms with Crippen molar-refractivity contribution in [3.05, 3.63) is 41.5 Å². The molecule has 1 saturated heterocycles. The Morgan fingerprint density at radius 3 is 2.52 bits per heavy atom. The Kier molecular flexibility index (Phi) is 5.71. The number of anilines is 1. The Hall–Kier alpha value is -2.03. The molecule has 1 aliphatic heterocycles. The zero-order chi connectivity index (χ0) is 21.4. The van der Waals surface area contributed by atoms with E-state index in [-0.39, 0.29) is 11.8 Å². The van der Waals surface area contributed by atoms with Gasteiger partial charge < -0.3 is 4.90 Å². The summed E-state index contributed by atoms with van der Waals surface area (Å²) in [7, 11) is -3.18. The van der Waals surface area contributed by atoms with Crippen LogP contribution in [0.4, 0.5) is 5.82 Å². The van der Waals surface area contributed by atoms with Gasteiger partial charge in [0.1, 0.15) is 16.5 Å². The maximum absolute atomic E-state index is 12.2. The number of nitrogens with zero attached hydrogens (tertiary/aromatic N) is 3. The van der Waals surface area contributed by atoms with Crippen molar-refractivity contribution in [3.63, 3.8) is 0 Å². The summed E-state index contributed by atoms with van der Waals surface area (Å²) < 4.78 is 27.2. The van der Waals surface area contributed by atoms with Crippen molar-refractivity contribution in [2.24, 2.45) is 0 Å². The molecule has 0 spiro atoms. The van der Waals surface area contributed by atoms with E-state index in [1.807, 2.05) is 13.0 Å². The first-order chi connectivity index (χ1) is 15.0. The molecule has 6 nitrogen and oxygen atoms in total. The monoisotopic (exact) mass is 456 g/mol. The van der Waals surface area contributed by atoms with E-state index < -0.39 is 10.0 Å². The van der Waals surface area contributed by atoms with Gasteiger partial charge in [-0.3, -0.25) is 0 Å². The number of benzene rings is 1. The van der Waals surface area contributed by atoms with Gasteiger partial charge in [0.2, 0.25) is 10.0 Å². The summed E-state index contributed by atoms with van der Waals surface area (Å²) in [6.45, 7) is 3.48. The smallest absolute Gasteiger partial charge is 0.211 e. The molecule has 1 aromatic carbocycles. The summed E-state index contributed by atoms with van der Waals surface area (Å²) in [6, 6.07) is 10.4. The third-order valence-electron chi connectivity index (χ3n) is 6.07. The fourth-order valence-electron chi connectivity index (χ4n) is 4.31. The molecule has 0 unspecified atom stereocenters. The average molecular weight is 457 g/mol. The fraction of sp³-hybridized carbons (Fsp3) is 0.478. The normalized spacial score (nSPS) is 18.0. The molecule has 31 heavy (non-hydrogen) atoms. The van der Waals surface area contributed by atoms with Gasteiger partial charge in [-0.25, -0.2) is 23.1 Å². The van der Waals surface area contributed by atoms with Gasteiger partial charge in [0, 0.05) is 36.0 Å². The lowest BCUT2D eigenvalue weighted by atomic mass is 10.0. The van der Waals surface area contributed by atoms with Crippen LogP contribution in [0.1, 0.15) is 50.8 Å². The number of thiophene rings is 1. The molecule has 3 heterocycles. The lowest BCUT2D eigenvalue weighted by Gasteiger charge is -2.33. The highest BCUT2D eigenvalue weighted by Crippen LogP contribution is 2.43. The van der Waals surface area contributed by atoms with Crippen LogP contribution in [0.2, 0.25) is 0 Å². The maximum atomic E-state index is 12.2. The van der Waals surface area contributed by atoms with E-state index >= 15 is 0 Å². The Labute approximate surface area is 187 Å². The van der Waals surface area contributed by atoms with Gasteiger partial charge in [-0.15, -0.1) is 11.3 Å². The van der Waals surface area contributed by atoms with Crippen molar-refractivity contribution >= 4 is 37.4 Å². The zero-order valence-electron chi connectivity index (χ0n) is 17.8. The van der Waals surface area contributed by atoms with Gasteiger partial charge >= 0.3 is 0 Å². The Bertz CT molecular complexity index is 1170. The second kappa shape index (κ2) is 8.48. The molecule has 0 bridgehead atoms. The van der Waals surface area contributed by atoms with Crippen molar-refractivity contribution in [1.29, 1.82) is 0 Å². The summed E-state index contributed by atoms with van der Waals surface area (Å²) in [6.07, 6.45) is 4.56. The van der Waals surface area contributed by atoms with Crippen molar-refractivity contribution in [2.45, 2.75) is 51.0 Å². The van der Waals surface area contributed by atoms with Crippen LogP contribution in [0.25, 0.3) is 21.3 Å². The van der Waals surface area contributed by atoms with Gasteiger partial charge in [0.25, 0.3) is 0 Å². The lowest BCUT2D eigenvalue weighted by molar-refractivity contribution is 0.458. The molecule has 2 aromatic heterocycles. The van der Waals surface area contributed by atoms with E-state index in [2.05, 4.69) is 39.3 Å². The Balaban J connectivity index is 1.46. The molecular formula is C23H28N4O2S2. The van der Waals surface area contributed by atoms with Crippen LogP contribution >= 0.6 is 11.3 Å². The topological polar surface area (TPSA) is 75.2 Å². The first kappa shape index (κ1) is 20.8. The fourth-order valence-corrected chi connectivity index (χ4v) is 6.66. The van der Waals surface area contributed by atoms with E-state index in [4.69, 9.17) is 9.97 Å². The molecule has 2 fully saturated rings. The van der Waals surface area contributed by atoms with Crippen LogP contribution in [-0.2, 0) is 10.0 Å². The molecule has 164 valence electrons. The predicted octanol–water partition coefficient (Wildman–Crippen LogP) is 4.53. The van der Waals surface area contributed by atoms with Crippen molar-refractivity contribution in [2.75, 3.05) is 23.7 Å². The van der Waals surface area contributed by atoms with E-state index in [0.717, 1.165) is 47.8 Å². The minimum absolute atomic E-state index is 0.00380. The molecule has 1 N–H and O–H groups in total. The summed E-state index contributed by atoms with van der Waals surface area (Å²) in [5.41, 5.74) is 2.36. The molecule has 1 saturated carbocycles. The number of hydrogen-bond acceptors (Lipinski definition) is 6. The molecule has 0 atom stereocenters. The van der Waals surface area contributed by atoms with Crippen molar-refractivity contribution in [3.8, 4) is 11.1 Å². The highest BCUT2D eigenvalue weighted by molar-refractivity contribution is 7.89. The standard InChI is InChI=1S/C23H28N4O2S2/c1-2-14-31(28,29)26-18-10-12-27(13-11-18)22-20-19(16-6-4-3-5-7-16)15-30-23(20)25-21(24-22)17-8-9-17/h3-7,15,17-18,26H,2,8-14H2,1H3. The number of nitrogens with one attached hydrogen (secondary N) is 1. The van der Waals surface area contributed by atoms with Gasteiger partial charge in [-0.2, -0.15) is 0 Å². The molecule has 5 rings (SSSR count).